The summed E-state index contributed by atoms with van der Waals surface area (Å²) in [6, 6.07) is 13.5. The van der Waals surface area contributed by atoms with Crippen molar-refractivity contribution in [2.75, 3.05) is 18.5 Å². The quantitative estimate of drug-likeness (QED) is 0.571. The van der Waals surface area contributed by atoms with E-state index in [1.165, 1.54) is 4.31 Å². The first-order valence-electron chi connectivity index (χ1n) is 10.2. The number of para-hydroxylation sites is 1. The maximum atomic E-state index is 13.5. The van der Waals surface area contributed by atoms with Gasteiger partial charge in [-0.15, -0.1) is 0 Å². The highest BCUT2D eigenvalue weighted by atomic mass is 79.9. The van der Waals surface area contributed by atoms with Gasteiger partial charge in [0, 0.05) is 10.5 Å². The molecule has 1 aliphatic rings. The molecule has 0 saturated heterocycles. The molecule has 2 aromatic rings. The second kappa shape index (κ2) is 10.4. The van der Waals surface area contributed by atoms with Crippen LogP contribution in [-0.4, -0.2) is 37.8 Å². The summed E-state index contributed by atoms with van der Waals surface area (Å²) in [5, 5.41) is 2.82. The van der Waals surface area contributed by atoms with Crippen LogP contribution in [0.3, 0.4) is 0 Å². The molecule has 0 atom stereocenters. The lowest BCUT2D eigenvalue weighted by Crippen LogP contribution is -2.45. The average Bonchev–Trinajstić information content (AvgIpc) is 2.75. The molecule has 0 aromatic heterocycles. The number of ether oxygens (including phenoxy) is 1. The van der Waals surface area contributed by atoms with Gasteiger partial charge < -0.3 is 10.1 Å². The van der Waals surface area contributed by atoms with Crippen molar-refractivity contribution in [1.82, 2.24) is 4.31 Å². The van der Waals surface area contributed by atoms with Crippen molar-refractivity contribution >= 4 is 37.5 Å². The fourth-order valence-electron chi connectivity index (χ4n) is 3.68. The summed E-state index contributed by atoms with van der Waals surface area (Å²) in [7, 11) is -3.82. The molecule has 1 N–H and O–H groups in total. The van der Waals surface area contributed by atoms with Crippen molar-refractivity contribution in [2.45, 2.75) is 50.0 Å². The van der Waals surface area contributed by atoms with E-state index in [1.54, 1.807) is 30.3 Å². The minimum Gasteiger partial charge on any atom is -0.494 e. The van der Waals surface area contributed by atoms with E-state index in [0.29, 0.717) is 18.0 Å². The van der Waals surface area contributed by atoms with E-state index >= 15 is 0 Å². The van der Waals surface area contributed by atoms with Gasteiger partial charge >= 0.3 is 0 Å². The highest BCUT2D eigenvalue weighted by molar-refractivity contribution is 9.10. The lowest BCUT2D eigenvalue weighted by atomic mass is 9.95. The second-order valence-electron chi connectivity index (χ2n) is 7.27. The predicted octanol–water partition coefficient (Wildman–Crippen LogP) is 4.81. The van der Waals surface area contributed by atoms with Crippen molar-refractivity contribution in [1.29, 1.82) is 0 Å². The van der Waals surface area contributed by atoms with E-state index in [0.717, 1.165) is 36.6 Å². The molecular weight excluding hydrogens is 468 g/mol. The highest BCUT2D eigenvalue weighted by Gasteiger charge is 2.34. The summed E-state index contributed by atoms with van der Waals surface area (Å²) in [5.41, 5.74) is 0.615. The largest absolute Gasteiger partial charge is 0.494 e. The molecular formula is C22H27BrN2O4S. The summed E-state index contributed by atoms with van der Waals surface area (Å²) >= 11 is 3.40. The van der Waals surface area contributed by atoms with Gasteiger partial charge in [0.15, 0.2) is 0 Å². The lowest BCUT2D eigenvalue weighted by Gasteiger charge is -2.33. The predicted molar refractivity (Wildman–Crippen MR) is 121 cm³/mol. The number of halogens is 1. The first-order valence-corrected chi connectivity index (χ1v) is 12.4. The van der Waals surface area contributed by atoms with Crippen molar-refractivity contribution in [2.24, 2.45) is 0 Å². The Labute approximate surface area is 186 Å². The van der Waals surface area contributed by atoms with Crippen LogP contribution in [0.15, 0.2) is 57.9 Å². The molecule has 0 spiro atoms. The van der Waals surface area contributed by atoms with E-state index in [1.807, 2.05) is 25.1 Å². The van der Waals surface area contributed by atoms with E-state index < -0.39 is 10.0 Å². The van der Waals surface area contributed by atoms with Crippen molar-refractivity contribution in [3.63, 3.8) is 0 Å². The fraction of sp³-hybridized carbons (Fsp3) is 0.409. The monoisotopic (exact) mass is 494 g/mol. The van der Waals surface area contributed by atoms with Gasteiger partial charge in [-0.05, 0) is 72.1 Å². The van der Waals surface area contributed by atoms with E-state index in [-0.39, 0.29) is 23.4 Å². The number of anilines is 1. The zero-order valence-electron chi connectivity index (χ0n) is 17.0. The molecule has 0 radical (unpaired) electrons. The summed E-state index contributed by atoms with van der Waals surface area (Å²) in [5.74, 6) is 0.259. The standard InChI is InChI=1S/C22H27BrN2O4S/c1-2-29-18-12-14-19(15-13-18)30(27,28)25(17-8-4-3-5-9-17)16-22(26)24-21-11-7-6-10-20(21)23/h6-7,10-15,17H,2-5,8-9,16H2,1H3,(H,24,26). The number of nitrogens with one attached hydrogen (secondary N) is 1. The van der Waals surface area contributed by atoms with E-state index in [9.17, 15) is 13.2 Å². The molecule has 0 bridgehead atoms. The summed E-state index contributed by atoms with van der Waals surface area (Å²) in [4.78, 5) is 12.9. The third-order valence-corrected chi connectivity index (χ3v) is 7.77. The first-order chi connectivity index (χ1) is 14.4. The SMILES string of the molecule is CCOc1ccc(S(=O)(=O)N(CC(=O)Nc2ccccc2Br)C2CCCCC2)cc1. The van der Waals surface area contributed by atoms with Crippen LogP contribution in [0.4, 0.5) is 5.69 Å². The number of carbonyl (C=O) groups excluding carboxylic acids is 1. The smallest absolute Gasteiger partial charge is 0.243 e. The van der Waals surface area contributed by atoms with Gasteiger partial charge in [0.2, 0.25) is 15.9 Å². The Kier molecular flexibility index (Phi) is 7.91. The molecule has 2 aromatic carbocycles. The molecule has 8 heteroatoms. The number of hydrogen-bond donors (Lipinski definition) is 1. The number of carbonyl (C=O) groups is 1. The van der Waals surface area contributed by atoms with Crippen LogP contribution >= 0.6 is 15.9 Å². The molecule has 0 heterocycles. The van der Waals surface area contributed by atoms with Gasteiger partial charge in [-0.3, -0.25) is 4.79 Å². The molecule has 6 nitrogen and oxygen atoms in total. The average molecular weight is 495 g/mol. The van der Waals surface area contributed by atoms with Crippen LogP contribution in [0.25, 0.3) is 0 Å². The third-order valence-electron chi connectivity index (χ3n) is 5.17. The molecule has 0 unspecified atom stereocenters. The Morgan fingerprint density at radius 3 is 2.40 bits per heavy atom. The van der Waals surface area contributed by atoms with Gasteiger partial charge in [0.1, 0.15) is 5.75 Å². The molecule has 1 aliphatic carbocycles. The number of hydrogen-bond acceptors (Lipinski definition) is 4. The summed E-state index contributed by atoms with van der Waals surface area (Å²) in [6.45, 7) is 2.16. The van der Waals surface area contributed by atoms with E-state index in [2.05, 4.69) is 21.2 Å². The molecule has 3 rings (SSSR count). The third kappa shape index (κ3) is 5.62. The van der Waals surface area contributed by atoms with Gasteiger partial charge in [-0.25, -0.2) is 8.42 Å². The molecule has 30 heavy (non-hydrogen) atoms. The Morgan fingerprint density at radius 1 is 1.10 bits per heavy atom. The number of benzene rings is 2. The Bertz CT molecular complexity index is 957. The van der Waals surface area contributed by atoms with Crippen LogP contribution in [0, 0.1) is 0 Å². The normalized spacial score (nSPS) is 15.2. The van der Waals surface area contributed by atoms with Gasteiger partial charge in [0.25, 0.3) is 0 Å². The van der Waals surface area contributed by atoms with Gasteiger partial charge in [-0.1, -0.05) is 31.4 Å². The van der Waals surface area contributed by atoms with Crippen LogP contribution in [-0.2, 0) is 14.8 Å². The highest BCUT2D eigenvalue weighted by Crippen LogP contribution is 2.29. The molecule has 1 fully saturated rings. The first kappa shape index (κ1) is 22.8. The topological polar surface area (TPSA) is 75.7 Å². The Morgan fingerprint density at radius 2 is 1.77 bits per heavy atom. The number of amides is 1. The van der Waals surface area contributed by atoms with Crippen molar-refractivity contribution < 1.29 is 17.9 Å². The maximum Gasteiger partial charge on any atom is 0.243 e. The van der Waals surface area contributed by atoms with Gasteiger partial charge in [0.05, 0.1) is 23.7 Å². The molecule has 162 valence electrons. The molecule has 1 amide bonds. The van der Waals surface area contributed by atoms with Gasteiger partial charge in [-0.2, -0.15) is 4.31 Å². The Balaban J connectivity index is 1.84. The van der Waals surface area contributed by atoms with Crippen LogP contribution in [0.5, 0.6) is 5.75 Å². The zero-order valence-corrected chi connectivity index (χ0v) is 19.4. The molecule has 1 saturated carbocycles. The van der Waals surface area contributed by atoms with Crippen LogP contribution < -0.4 is 10.1 Å². The number of sulfonamides is 1. The molecule has 0 aliphatic heterocycles. The van der Waals surface area contributed by atoms with Crippen molar-refractivity contribution in [3.05, 3.63) is 53.0 Å². The van der Waals surface area contributed by atoms with Crippen molar-refractivity contribution in [3.8, 4) is 5.75 Å². The minimum atomic E-state index is -3.82. The van der Waals surface area contributed by atoms with Crippen LogP contribution in [0.2, 0.25) is 0 Å². The summed E-state index contributed by atoms with van der Waals surface area (Å²) in [6.07, 6.45) is 4.55. The maximum absolute atomic E-state index is 13.5. The lowest BCUT2D eigenvalue weighted by molar-refractivity contribution is -0.116. The number of nitrogens with zero attached hydrogens (tertiary/aromatic N) is 1. The minimum absolute atomic E-state index is 0.171. The number of rotatable bonds is 8. The fourth-order valence-corrected chi connectivity index (χ4v) is 5.71. The Hall–Kier alpha value is -1.90. The van der Waals surface area contributed by atoms with Crippen LogP contribution in [0.1, 0.15) is 39.0 Å². The second-order valence-corrected chi connectivity index (χ2v) is 10.0. The van der Waals surface area contributed by atoms with E-state index in [4.69, 9.17) is 4.74 Å². The zero-order chi connectivity index (χ0) is 21.6. The summed E-state index contributed by atoms with van der Waals surface area (Å²) < 4.78 is 34.4.